The lowest BCUT2D eigenvalue weighted by molar-refractivity contribution is 0.255. The average Bonchev–Trinajstić information content (AvgIpc) is 2.42. The smallest absolute Gasteiger partial charge is 0.314 e. The van der Waals surface area contributed by atoms with Gasteiger partial charge in [-0.25, -0.2) is 4.79 Å². The molecule has 0 atom stereocenters. The summed E-state index contributed by atoms with van der Waals surface area (Å²) >= 11 is 3.43. The lowest BCUT2D eigenvalue weighted by Gasteiger charge is -2.07. The Balaban J connectivity index is 1.93. The quantitative estimate of drug-likeness (QED) is 0.820. The molecule has 0 aliphatic heterocycles. The van der Waals surface area contributed by atoms with Gasteiger partial charge in [-0.05, 0) is 59.1 Å². The fraction of sp³-hybridized carbons (Fsp3) is 0.118. The van der Waals surface area contributed by atoms with Crippen molar-refractivity contribution in [2.24, 2.45) is 0 Å². The normalized spacial score (nSPS) is 10.6. The fourth-order valence-corrected chi connectivity index (χ4v) is 2.46. The summed E-state index contributed by atoms with van der Waals surface area (Å²) in [4.78, 5) is 11.8. The highest BCUT2D eigenvalue weighted by molar-refractivity contribution is 9.10. The molecule has 2 amide bonds. The van der Waals surface area contributed by atoms with Crippen molar-refractivity contribution in [1.82, 2.24) is 5.32 Å². The number of anilines is 1. The van der Waals surface area contributed by atoms with E-state index < -0.39 is 0 Å². The molecular formula is C17H17BrN2O. The Morgan fingerprint density at radius 1 is 1.10 bits per heavy atom. The SMILES string of the molecule is Cc1cccc(/C=C/NC(=O)Nc2ccc(C)cc2Br)c1. The molecule has 0 radical (unpaired) electrons. The van der Waals surface area contributed by atoms with E-state index in [-0.39, 0.29) is 6.03 Å². The summed E-state index contributed by atoms with van der Waals surface area (Å²) in [6, 6.07) is 13.5. The number of nitrogens with one attached hydrogen (secondary N) is 2. The molecule has 0 unspecified atom stereocenters. The number of carbonyl (C=O) groups is 1. The van der Waals surface area contributed by atoms with E-state index >= 15 is 0 Å². The van der Waals surface area contributed by atoms with Crippen LogP contribution in [0.15, 0.2) is 53.1 Å². The number of halogens is 1. The molecule has 2 aromatic rings. The van der Waals surface area contributed by atoms with Crippen LogP contribution < -0.4 is 10.6 Å². The van der Waals surface area contributed by atoms with E-state index in [2.05, 4.69) is 26.6 Å². The maximum absolute atomic E-state index is 11.8. The lowest BCUT2D eigenvalue weighted by Crippen LogP contribution is -2.23. The highest BCUT2D eigenvalue weighted by Crippen LogP contribution is 2.23. The van der Waals surface area contributed by atoms with Crippen molar-refractivity contribution in [1.29, 1.82) is 0 Å². The van der Waals surface area contributed by atoms with Gasteiger partial charge in [-0.3, -0.25) is 0 Å². The summed E-state index contributed by atoms with van der Waals surface area (Å²) in [6.45, 7) is 4.03. The van der Waals surface area contributed by atoms with Crippen LogP contribution in [-0.2, 0) is 0 Å². The van der Waals surface area contributed by atoms with E-state index in [0.717, 1.165) is 21.3 Å². The van der Waals surface area contributed by atoms with Gasteiger partial charge in [-0.1, -0.05) is 35.9 Å². The van der Waals surface area contributed by atoms with Gasteiger partial charge in [-0.15, -0.1) is 0 Å². The van der Waals surface area contributed by atoms with Gasteiger partial charge >= 0.3 is 6.03 Å². The minimum Gasteiger partial charge on any atom is -0.314 e. The molecule has 2 N–H and O–H groups in total. The van der Waals surface area contributed by atoms with Crippen LogP contribution in [0.5, 0.6) is 0 Å². The van der Waals surface area contributed by atoms with Gasteiger partial charge in [0, 0.05) is 10.7 Å². The third-order valence-corrected chi connectivity index (χ3v) is 3.56. The third kappa shape index (κ3) is 4.76. The van der Waals surface area contributed by atoms with Gasteiger partial charge in [-0.2, -0.15) is 0 Å². The van der Waals surface area contributed by atoms with Crippen LogP contribution in [-0.4, -0.2) is 6.03 Å². The van der Waals surface area contributed by atoms with Gasteiger partial charge in [0.05, 0.1) is 5.69 Å². The van der Waals surface area contributed by atoms with Crippen molar-refractivity contribution in [3.05, 3.63) is 69.8 Å². The number of rotatable bonds is 3. The molecule has 0 aromatic heterocycles. The van der Waals surface area contributed by atoms with Gasteiger partial charge in [0.1, 0.15) is 0 Å². The Bertz CT molecular complexity index is 680. The van der Waals surface area contributed by atoms with Crippen LogP contribution in [0.1, 0.15) is 16.7 Å². The average molecular weight is 345 g/mol. The maximum atomic E-state index is 11.8. The predicted molar refractivity (Wildman–Crippen MR) is 91.2 cm³/mol. The molecule has 0 bridgehead atoms. The second-order valence-corrected chi connectivity index (χ2v) is 5.68. The topological polar surface area (TPSA) is 41.1 Å². The first-order valence-electron chi connectivity index (χ1n) is 6.61. The first kappa shape index (κ1) is 15.3. The lowest BCUT2D eigenvalue weighted by atomic mass is 10.1. The van der Waals surface area contributed by atoms with E-state index in [4.69, 9.17) is 0 Å². The first-order valence-corrected chi connectivity index (χ1v) is 7.41. The summed E-state index contributed by atoms with van der Waals surface area (Å²) < 4.78 is 0.861. The first-order chi connectivity index (χ1) is 10.0. The maximum Gasteiger partial charge on any atom is 0.323 e. The summed E-state index contributed by atoms with van der Waals surface area (Å²) in [6.07, 6.45) is 3.49. The van der Waals surface area contributed by atoms with E-state index in [1.807, 2.05) is 62.4 Å². The number of hydrogen-bond acceptors (Lipinski definition) is 1. The predicted octanol–water partition coefficient (Wildman–Crippen LogP) is 4.86. The zero-order valence-corrected chi connectivity index (χ0v) is 13.6. The van der Waals surface area contributed by atoms with Gasteiger partial charge in [0.25, 0.3) is 0 Å². The molecule has 3 nitrogen and oxygen atoms in total. The largest absolute Gasteiger partial charge is 0.323 e. The van der Waals surface area contributed by atoms with Gasteiger partial charge < -0.3 is 10.6 Å². The molecule has 0 aliphatic rings. The van der Waals surface area contributed by atoms with Crippen molar-refractivity contribution >= 4 is 33.7 Å². The summed E-state index contributed by atoms with van der Waals surface area (Å²) in [5.74, 6) is 0. The Morgan fingerprint density at radius 2 is 1.86 bits per heavy atom. The van der Waals surface area contributed by atoms with Crippen LogP contribution in [0.4, 0.5) is 10.5 Å². The molecule has 2 aromatic carbocycles. The summed E-state index contributed by atoms with van der Waals surface area (Å²) in [7, 11) is 0. The second-order valence-electron chi connectivity index (χ2n) is 4.83. The molecule has 21 heavy (non-hydrogen) atoms. The number of hydrogen-bond donors (Lipinski definition) is 2. The molecule has 2 rings (SSSR count). The third-order valence-electron chi connectivity index (χ3n) is 2.91. The van der Waals surface area contributed by atoms with Crippen molar-refractivity contribution in [2.75, 3.05) is 5.32 Å². The van der Waals surface area contributed by atoms with Crippen molar-refractivity contribution in [2.45, 2.75) is 13.8 Å². The zero-order valence-electron chi connectivity index (χ0n) is 12.0. The Morgan fingerprint density at radius 3 is 2.57 bits per heavy atom. The Hall–Kier alpha value is -2.07. The van der Waals surface area contributed by atoms with Crippen molar-refractivity contribution in [3.63, 3.8) is 0 Å². The number of benzene rings is 2. The van der Waals surface area contributed by atoms with Crippen molar-refractivity contribution in [3.8, 4) is 0 Å². The molecule has 108 valence electrons. The van der Waals surface area contributed by atoms with Crippen molar-refractivity contribution < 1.29 is 4.79 Å². The molecule has 0 fully saturated rings. The van der Waals surface area contributed by atoms with Gasteiger partial charge in [0.2, 0.25) is 0 Å². The van der Waals surface area contributed by atoms with E-state index in [0.29, 0.717) is 0 Å². The molecule has 0 heterocycles. The van der Waals surface area contributed by atoms with Crippen LogP contribution in [0.2, 0.25) is 0 Å². The fourth-order valence-electron chi connectivity index (χ4n) is 1.87. The standard InChI is InChI=1S/C17H17BrN2O/c1-12-4-3-5-14(10-12)8-9-19-17(21)20-16-7-6-13(2)11-15(16)18/h3-11H,1-2H3,(H2,19,20,21)/b9-8+. The molecular weight excluding hydrogens is 328 g/mol. The van der Waals surface area contributed by atoms with E-state index in [1.54, 1.807) is 6.20 Å². The molecule has 0 saturated carbocycles. The minimum absolute atomic E-state index is 0.275. The van der Waals surface area contributed by atoms with Crippen LogP contribution in [0.25, 0.3) is 6.08 Å². The highest BCUT2D eigenvalue weighted by Gasteiger charge is 2.03. The van der Waals surface area contributed by atoms with E-state index in [9.17, 15) is 4.79 Å². The second kappa shape index (κ2) is 7.09. The van der Waals surface area contributed by atoms with E-state index in [1.165, 1.54) is 5.56 Å². The molecule has 4 heteroatoms. The molecule has 0 spiro atoms. The molecule has 0 saturated heterocycles. The van der Waals surface area contributed by atoms with Crippen LogP contribution in [0, 0.1) is 13.8 Å². The Labute approximate surface area is 133 Å². The van der Waals surface area contributed by atoms with Crippen LogP contribution >= 0.6 is 15.9 Å². The highest BCUT2D eigenvalue weighted by atomic mass is 79.9. The number of amides is 2. The molecule has 0 aliphatic carbocycles. The monoisotopic (exact) mass is 344 g/mol. The number of carbonyl (C=O) groups excluding carboxylic acids is 1. The summed E-state index contributed by atoms with van der Waals surface area (Å²) in [5, 5.41) is 5.48. The zero-order chi connectivity index (χ0) is 15.2. The van der Waals surface area contributed by atoms with Crippen LogP contribution in [0.3, 0.4) is 0 Å². The summed E-state index contributed by atoms with van der Waals surface area (Å²) in [5.41, 5.74) is 4.10. The minimum atomic E-state index is -0.275. The Kier molecular flexibility index (Phi) is 5.17. The van der Waals surface area contributed by atoms with Gasteiger partial charge in [0.15, 0.2) is 0 Å². The number of aryl methyl sites for hydroxylation is 2. The number of urea groups is 1.